The van der Waals surface area contributed by atoms with Crippen molar-refractivity contribution in [1.29, 1.82) is 0 Å². The first kappa shape index (κ1) is 13.3. The molecule has 19 heavy (non-hydrogen) atoms. The van der Waals surface area contributed by atoms with Crippen LogP contribution in [0.4, 0.5) is 5.69 Å². The van der Waals surface area contributed by atoms with E-state index in [0.29, 0.717) is 10.6 Å². The van der Waals surface area contributed by atoms with Crippen molar-refractivity contribution in [2.75, 3.05) is 17.2 Å². The highest BCUT2D eigenvalue weighted by Gasteiger charge is 2.22. The molecule has 6 heteroatoms. The molecular formula is C13H13BrN2OS2. The summed E-state index contributed by atoms with van der Waals surface area (Å²) in [5, 5.41) is 4.01. The molecule has 3 rings (SSSR count). The molecule has 100 valence electrons. The van der Waals surface area contributed by atoms with Crippen LogP contribution >= 0.6 is 39.0 Å². The number of anilines is 1. The molecule has 0 spiro atoms. The normalized spacial score (nSPS) is 18.9. The maximum absolute atomic E-state index is 12.3. The number of carbonyl (C=O) groups is 1. The summed E-state index contributed by atoms with van der Waals surface area (Å²) in [6.07, 6.45) is 1.05. The minimum atomic E-state index is -0.0434. The lowest BCUT2D eigenvalue weighted by Gasteiger charge is -2.10. The van der Waals surface area contributed by atoms with Crippen molar-refractivity contribution in [1.82, 2.24) is 5.32 Å². The molecule has 1 amide bonds. The van der Waals surface area contributed by atoms with Crippen LogP contribution in [0.3, 0.4) is 0 Å². The molecule has 1 fully saturated rings. The summed E-state index contributed by atoms with van der Waals surface area (Å²) in [4.78, 5) is 12.9. The number of halogens is 1. The van der Waals surface area contributed by atoms with Gasteiger partial charge in [0.15, 0.2) is 0 Å². The molecule has 3 nitrogen and oxygen atoms in total. The van der Waals surface area contributed by atoms with Crippen LogP contribution in [0.2, 0.25) is 0 Å². The van der Waals surface area contributed by atoms with Gasteiger partial charge in [-0.1, -0.05) is 22.0 Å². The number of nitrogens with two attached hydrogens (primary N) is 1. The summed E-state index contributed by atoms with van der Waals surface area (Å²) >= 11 is 6.83. The predicted octanol–water partition coefficient (Wildman–Crippen LogP) is 3.48. The average Bonchev–Trinajstić information content (AvgIpc) is 2.98. The molecule has 1 atom stereocenters. The lowest BCUT2D eigenvalue weighted by atomic mass is 10.2. The lowest BCUT2D eigenvalue weighted by Crippen LogP contribution is -2.34. The number of hydrogen-bond acceptors (Lipinski definition) is 4. The van der Waals surface area contributed by atoms with E-state index in [1.807, 2.05) is 30.0 Å². The van der Waals surface area contributed by atoms with Crippen molar-refractivity contribution in [3.05, 3.63) is 27.5 Å². The monoisotopic (exact) mass is 356 g/mol. The van der Waals surface area contributed by atoms with Crippen molar-refractivity contribution in [3.63, 3.8) is 0 Å². The molecule has 1 aliphatic heterocycles. The molecule has 1 aliphatic rings. The highest BCUT2D eigenvalue weighted by Crippen LogP contribution is 2.38. The Labute approximate surface area is 128 Å². The molecule has 0 bridgehead atoms. The van der Waals surface area contributed by atoms with Crippen LogP contribution in [-0.4, -0.2) is 23.5 Å². The molecule has 2 heterocycles. The van der Waals surface area contributed by atoms with E-state index in [-0.39, 0.29) is 11.9 Å². The molecule has 1 saturated heterocycles. The van der Waals surface area contributed by atoms with Gasteiger partial charge in [0.25, 0.3) is 5.91 Å². The Morgan fingerprint density at radius 1 is 1.47 bits per heavy atom. The van der Waals surface area contributed by atoms with Crippen LogP contribution in [0.1, 0.15) is 16.1 Å². The number of thioether (sulfide) groups is 1. The standard InChI is InChI=1S/C13H13BrN2OS2/c14-8-2-1-3-9-10(8)11(15)12(19-9)13(17)16-7-4-5-18-6-7/h1-3,7H,4-6,15H2,(H,16,17). The van der Waals surface area contributed by atoms with Crippen LogP contribution < -0.4 is 11.1 Å². The molecule has 1 aromatic carbocycles. The number of amides is 1. The number of benzene rings is 1. The van der Waals surface area contributed by atoms with Crippen LogP contribution in [0.15, 0.2) is 22.7 Å². The van der Waals surface area contributed by atoms with Gasteiger partial charge in [-0.25, -0.2) is 0 Å². The first-order chi connectivity index (χ1) is 9.16. The fourth-order valence-electron chi connectivity index (χ4n) is 2.20. The minimum Gasteiger partial charge on any atom is -0.397 e. The van der Waals surface area contributed by atoms with Gasteiger partial charge in [0.2, 0.25) is 0 Å². The van der Waals surface area contributed by atoms with Gasteiger partial charge in [0.1, 0.15) is 4.88 Å². The molecule has 3 N–H and O–H groups in total. The fourth-order valence-corrected chi connectivity index (χ4v) is 5.11. The number of rotatable bonds is 2. The third-order valence-corrected chi connectivity index (χ3v) is 6.17. The van der Waals surface area contributed by atoms with E-state index >= 15 is 0 Å². The number of fused-ring (bicyclic) bond motifs is 1. The zero-order valence-corrected chi connectivity index (χ0v) is 13.3. The van der Waals surface area contributed by atoms with E-state index in [2.05, 4.69) is 21.2 Å². The van der Waals surface area contributed by atoms with Crippen LogP contribution in [-0.2, 0) is 0 Å². The Morgan fingerprint density at radius 3 is 3.00 bits per heavy atom. The largest absolute Gasteiger partial charge is 0.397 e. The third kappa shape index (κ3) is 2.49. The number of nitrogens with one attached hydrogen (secondary N) is 1. The predicted molar refractivity (Wildman–Crippen MR) is 87.1 cm³/mol. The zero-order valence-electron chi connectivity index (χ0n) is 10.1. The summed E-state index contributed by atoms with van der Waals surface area (Å²) in [6, 6.07) is 6.17. The van der Waals surface area contributed by atoms with E-state index in [1.165, 1.54) is 11.3 Å². The van der Waals surface area contributed by atoms with Gasteiger partial charge in [0, 0.05) is 26.4 Å². The SMILES string of the molecule is Nc1c(C(=O)NC2CCSC2)sc2cccc(Br)c12. The second-order valence-corrected chi connectivity index (χ2v) is 7.55. The number of thiophene rings is 1. The lowest BCUT2D eigenvalue weighted by molar-refractivity contribution is 0.0946. The first-order valence-electron chi connectivity index (χ1n) is 6.02. The van der Waals surface area contributed by atoms with Crippen molar-refractivity contribution in [3.8, 4) is 0 Å². The van der Waals surface area contributed by atoms with Gasteiger partial charge in [-0.2, -0.15) is 11.8 Å². The third-order valence-electron chi connectivity index (χ3n) is 3.17. The van der Waals surface area contributed by atoms with Crippen molar-refractivity contribution < 1.29 is 4.79 Å². The zero-order chi connectivity index (χ0) is 13.4. The van der Waals surface area contributed by atoms with Crippen molar-refractivity contribution in [2.45, 2.75) is 12.5 Å². The Kier molecular flexibility index (Phi) is 3.73. The van der Waals surface area contributed by atoms with Gasteiger partial charge in [-0.3, -0.25) is 4.79 Å². The molecule has 1 aromatic heterocycles. The maximum Gasteiger partial charge on any atom is 0.263 e. The number of carbonyl (C=O) groups excluding carboxylic acids is 1. The van der Waals surface area contributed by atoms with Gasteiger partial charge in [-0.15, -0.1) is 11.3 Å². The van der Waals surface area contributed by atoms with Crippen molar-refractivity contribution >= 4 is 60.7 Å². The van der Waals surface area contributed by atoms with E-state index in [9.17, 15) is 4.79 Å². The summed E-state index contributed by atoms with van der Waals surface area (Å²) in [7, 11) is 0. The summed E-state index contributed by atoms with van der Waals surface area (Å²) in [5.41, 5.74) is 6.71. The van der Waals surface area contributed by atoms with Gasteiger partial charge >= 0.3 is 0 Å². The molecule has 0 radical (unpaired) electrons. The van der Waals surface area contributed by atoms with E-state index < -0.39 is 0 Å². The highest BCUT2D eigenvalue weighted by molar-refractivity contribution is 9.10. The van der Waals surface area contributed by atoms with Gasteiger partial charge in [-0.05, 0) is 24.3 Å². The Hall–Kier alpha value is -0.720. The molecule has 2 aromatic rings. The number of hydrogen-bond donors (Lipinski definition) is 2. The van der Waals surface area contributed by atoms with Gasteiger partial charge < -0.3 is 11.1 Å². The summed E-state index contributed by atoms with van der Waals surface area (Å²) in [5.74, 6) is 2.08. The summed E-state index contributed by atoms with van der Waals surface area (Å²) in [6.45, 7) is 0. The van der Waals surface area contributed by atoms with Crippen LogP contribution in [0.5, 0.6) is 0 Å². The maximum atomic E-state index is 12.3. The molecule has 0 aliphatic carbocycles. The number of nitrogen functional groups attached to an aromatic ring is 1. The Bertz CT molecular complexity index is 635. The van der Waals surface area contributed by atoms with Crippen LogP contribution in [0, 0.1) is 0 Å². The van der Waals surface area contributed by atoms with E-state index in [4.69, 9.17) is 5.73 Å². The average molecular weight is 357 g/mol. The molecule has 0 saturated carbocycles. The van der Waals surface area contributed by atoms with Crippen LogP contribution in [0.25, 0.3) is 10.1 Å². The van der Waals surface area contributed by atoms with Crippen molar-refractivity contribution in [2.24, 2.45) is 0 Å². The Morgan fingerprint density at radius 2 is 2.32 bits per heavy atom. The fraction of sp³-hybridized carbons (Fsp3) is 0.308. The topological polar surface area (TPSA) is 55.1 Å². The summed E-state index contributed by atoms with van der Waals surface area (Å²) < 4.78 is 1.98. The van der Waals surface area contributed by atoms with Gasteiger partial charge in [0.05, 0.1) is 5.69 Å². The smallest absolute Gasteiger partial charge is 0.263 e. The molecular weight excluding hydrogens is 344 g/mol. The molecule has 1 unspecified atom stereocenters. The quantitative estimate of drug-likeness (QED) is 0.865. The second kappa shape index (κ2) is 5.34. The van der Waals surface area contributed by atoms with E-state index in [0.717, 1.165) is 32.5 Å². The first-order valence-corrected chi connectivity index (χ1v) is 8.78. The second-order valence-electron chi connectivity index (χ2n) is 4.49. The highest BCUT2D eigenvalue weighted by atomic mass is 79.9. The van der Waals surface area contributed by atoms with E-state index in [1.54, 1.807) is 0 Å². The Balaban J connectivity index is 1.94. The minimum absolute atomic E-state index is 0.0434.